The molecule has 0 radical (unpaired) electrons. The van der Waals surface area contributed by atoms with Gasteiger partial charge in [0, 0.05) is 30.2 Å². The van der Waals surface area contributed by atoms with Gasteiger partial charge in [-0.25, -0.2) is 0 Å². The van der Waals surface area contributed by atoms with Crippen LogP contribution in [0.4, 0.5) is 5.69 Å². The van der Waals surface area contributed by atoms with E-state index in [1.807, 2.05) is 0 Å². The van der Waals surface area contributed by atoms with Crippen LogP contribution in [-0.2, 0) is 16.1 Å². The fraction of sp³-hybridized carbons (Fsp3) is 0.333. The van der Waals surface area contributed by atoms with Crippen LogP contribution in [0.15, 0.2) is 22.7 Å². The van der Waals surface area contributed by atoms with E-state index in [9.17, 15) is 19.7 Å². The minimum absolute atomic E-state index is 0.00696. The van der Waals surface area contributed by atoms with E-state index in [2.05, 4.69) is 21.2 Å². The Morgan fingerprint density at radius 3 is 2.70 bits per heavy atom. The fourth-order valence-electron chi connectivity index (χ4n) is 1.94. The molecule has 106 valence electrons. The number of amides is 2. The molecule has 8 heteroatoms. The van der Waals surface area contributed by atoms with Crippen molar-refractivity contribution >= 4 is 33.4 Å². The van der Waals surface area contributed by atoms with E-state index in [4.69, 9.17) is 0 Å². The second-order valence-corrected chi connectivity index (χ2v) is 5.32. The second-order valence-electron chi connectivity index (χ2n) is 4.46. The summed E-state index contributed by atoms with van der Waals surface area (Å²) in [4.78, 5) is 34.3. The maximum absolute atomic E-state index is 11.7. The number of nitro benzene ring substituents is 1. The molecule has 0 spiro atoms. The van der Waals surface area contributed by atoms with Crippen molar-refractivity contribution in [2.45, 2.75) is 19.0 Å². The van der Waals surface area contributed by atoms with Crippen LogP contribution in [-0.4, -0.2) is 34.7 Å². The zero-order chi connectivity index (χ0) is 14.9. The Morgan fingerprint density at radius 1 is 1.50 bits per heavy atom. The molecule has 1 N–H and O–H groups in total. The van der Waals surface area contributed by atoms with Crippen LogP contribution in [0.2, 0.25) is 0 Å². The van der Waals surface area contributed by atoms with E-state index < -0.39 is 11.0 Å². The molecule has 1 atom stereocenters. The molecular weight excluding hydrogens is 330 g/mol. The average Bonchev–Trinajstić information content (AvgIpc) is 2.64. The standard InChI is InChI=1S/C12H12BrN3O4/c1-15-11(17)5-10(12(15)18)14-6-7-2-3-8(16(19)20)4-9(7)13/h2-4,10,14H,5-6H2,1H3. The van der Waals surface area contributed by atoms with E-state index in [-0.39, 0.29) is 23.9 Å². The largest absolute Gasteiger partial charge is 0.301 e. The van der Waals surface area contributed by atoms with E-state index in [1.165, 1.54) is 19.2 Å². The molecule has 1 aliphatic rings. The smallest absolute Gasteiger partial charge is 0.270 e. The Kier molecular flexibility index (Phi) is 4.15. The summed E-state index contributed by atoms with van der Waals surface area (Å²) in [5.74, 6) is -0.469. The number of halogens is 1. The third-order valence-corrected chi connectivity index (χ3v) is 3.91. The molecule has 1 aliphatic heterocycles. The highest BCUT2D eigenvalue weighted by molar-refractivity contribution is 9.10. The van der Waals surface area contributed by atoms with Crippen LogP contribution in [0.1, 0.15) is 12.0 Å². The third kappa shape index (κ3) is 2.86. The molecule has 2 amide bonds. The fourth-order valence-corrected chi connectivity index (χ4v) is 2.45. The summed E-state index contributed by atoms with van der Waals surface area (Å²) in [6, 6.07) is 3.88. The first-order valence-corrected chi connectivity index (χ1v) is 6.66. The first-order valence-electron chi connectivity index (χ1n) is 5.86. The summed E-state index contributed by atoms with van der Waals surface area (Å²) in [5, 5.41) is 13.6. The van der Waals surface area contributed by atoms with Crippen molar-refractivity contribution in [1.29, 1.82) is 0 Å². The summed E-state index contributed by atoms with van der Waals surface area (Å²) >= 11 is 3.26. The van der Waals surface area contributed by atoms with Gasteiger partial charge in [-0.15, -0.1) is 0 Å². The molecule has 0 saturated carbocycles. The summed E-state index contributed by atoms with van der Waals surface area (Å²) in [5.41, 5.74) is 0.776. The number of likely N-dealkylation sites (tertiary alicyclic amines) is 1. The van der Waals surface area contributed by atoms with Crippen LogP contribution >= 0.6 is 15.9 Å². The maximum Gasteiger partial charge on any atom is 0.270 e. The number of carbonyl (C=O) groups excluding carboxylic acids is 2. The number of imide groups is 1. The summed E-state index contributed by atoms with van der Waals surface area (Å²) < 4.78 is 0.587. The molecule has 1 aromatic carbocycles. The van der Waals surface area contributed by atoms with Gasteiger partial charge in [-0.1, -0.05) is 15.9 Å². The normalized spacial score (nSPS) is 18.7. The summed E-state index contributed by atoms with van der Waals surface area (Å²) in [7, 11) is 1.45. The Hall–Kier alpha value is -1.80. The maximum atomic E-state index is 11.7. The first-order chi connectivity index (χ1) is 9.40. The second kappa shape index (κ2) is 5.68. The molecule has 1 fully saturated rings. The summed E-state index contributed by atoms with van der Waals surface area (Å²) in [6.45, 7) is 0.343. The van der Waals surface area contributed by atoms with E-state index in [0.717, 1.165) is 10.5 Å². The molecule has 0 aliphatic carbocycles. The number of likely N-dealkylation sites (N-methyl/N-ethyl adjacent to an activating group) is 1. The number of rotatable bonds is 4. The molecule has 20 heavy (non-hydrogen) atoms. The van der Waals surface area contributed by atoms with Gasteiger partial charge in [-0.3, -0.25) is 24.6 Å². The predicted octanol–water partition coefficient (Wildman–Crippen LogP) is 1.20. The van der Waals surface area contributed by atoms with Crippen molar-refractivity contribution in [3.05, 3.63) is 38.3 Å². The zero-order valence-corrected chi connectivity index (χ0v) is 12.2. The van der Waals surface area contributed by atoms with Crippen molar-refractivity contribution in [2.24, 2.45) is 0 Å². The number of hydrogen-bond donors (Lipinski definition) is 1. The Morgan fingerprint density at radius 2 is 2.20 bits per heavy atom. The Labute approximate surface area is 123 Å². The van der Waals surface area contributed by atoms with Crippen molar-refractivity contribution < 1.29 is 14.5 Å². The topological polar surface area (TPSA) is 92.6 Å². The Balaban J connectivity index is 2.03. The van der Waals surface area contributed by atoms with Crippen molar-refractivity contribution in [1.82, 2.24) is 10.2 Å². The number of hydrogen-bond acceptors (Lipinski definition) is 5. The van der Waals surface area contributed by atoms with Gasteiger partial charge in [-0.2, -0.15) is 0 Å². The van der Waals surface area contributed by atoms with Crippen molar-refractivity contribution in [3.63, 3.8) is 0 Å². The minimum atomic E-state index is -0.533. The molecule has 1 unspecified atom stereocenters. The van der Waals surface area contributed by atoms with Gasteiger partial charge in [0.25, 0.3) is 5.69 Å². The Bertz CT molecular complexity index is 590. The number of nitrogens with zero attached hydrogens (tertiary/aromatic N) is 2. The molecular formula is C12H12BrN3O4. The van der Waals surface area contributed by atoms with Gasteiger partial charge < -0.3 is 5.32 Å². The van der Waals surface area contributed by atoms with Crippen LogP contribution in [0.5, 0.6) is 0 Å². The predicted molar refractivity (Wildman–Crippen MR) is 73.8 cm³/mol. The number of benzene rings is 1. The number of non-ortho nitro benzene ring substituents is 1. The highest BCUT2D eigenvalue weighted by Gasteiger charge is 2.35. The highest BCUT2D eigenvalue weighted by Crippen LogP contribution is 2.23. The monoisotopic (exact) mass is 341 g/mol. The molecule has 1 saturated heterocycles. The molecule has 0 aromatic heterocycles. The average molecular weight is 342 g/mol. The van der Waals surface area contributed by atoms with E-state index >= 15 is 0 Å². The van der Waals surface area contributed by atoms with Gasteiger partial charge in [0.2, 0.25) is 11.8 Å². The third-order valence-electron chi connectivity index (χ3n) is 3.17. The van der Waals surface area contributed by atoms with Crippen LogP contribution < -0.4 is 5.32 Å². The lowest BCUT2D eigenvalue weighted by atomic mass is 10.2. The summed E-state index contributed by atoms with van der Waals surface area (Å²) in [6.07, 6.45) is 0.139. The lowest BCUT2D eigenvalue weighted by molar-refractivity contribution is -0.384. The molecule has 2 rings (SSSR count). The van der Waals surface area contributed by atoms with Crippen LogP contribution in [0, 0.1) is 10.1 Å². The van der Waals surface area contributed by atoms with Crippen molar-refractivity contribution in [2.75, 3.05) is 7.05 Å². The number of nitrogens with one attached hydrogen (secondary N) is 1. The number of nitro groups is 1. The number of carbonyl (C=O) groups is 2. The van der Waals surface area contributed by atoms with E-state index in [0.29, 0.717) is 11.0 Å². The lowest BCUT2D eigenvalue weighted by Gasteiger charge is -2.11. The minimum Gasteiger partial charge on any atom is -0.301 e. The SMILES string of the molecule is CN1C(=O)CC(NCc2ccc([N+](=O)[O-])cc2Br)C1=O. The van der Waals surface area contributed by atoms with Gasteiger partial charge in [0.15, 0.2) is 0 Å². The van der Waals surface area contributed by atoms with Crippen LogP contribution in [0.25, 0.3) is 0 Å². The van der Waals surface area contributed by atoms with Gasteiger partial charge in [0.05, 0.1) is 17.4 Å². The first kappa shape index (κ1) is 14.6. The quantitative estimate of drug-likeness (QED) is 0.504. The van der Waals surface area contributed by atoms with Gasteiger partial charge >= 0.3 is 0 Å². The molecule has 7 nitrogen and oxygen atoms in total. The van der Waals surface area contributed by atoms with Gasteiger partial charge in [-0.05, 0) is 11.6 Å². The van der Waals surface area contributed by atoms with Crippen molar-refractivity contribution in [3.8, 4) is 0 Å². The van der Waals surface area contributed by atoms with Crippen LogP contribution in [0.3, 0.4) is 0 Å². The van der Waals surface area contributed by atoms with Gasteiger partial charge in [0.1, 0.15) is 0 Å². The zero-order valence-electron chi connectivity index (χ0n) is 10.6. The molecule has 1 aromatic rings. The highest BCUT2D eigenvalue weighted by atomic mass is 79.9. The molecule has 0 bridgehead atoms. The molecule has 1 heterocycles. The van der Waals surface area contributed by atoms with E-state index in [1.54, 1.807) is 6.07 Å². The lowest BCUT2D eigenvalue weighted by Crippen LogP contribution is -2.36.